The van der Waals surface area contributed by atoms with E-state index in [1.807, 2.05) is 53.6 Å². The van der Waals surface area contributed by atoms with Gasteiger partial charge in [-0.05, 0) is 43.3 Å². The minimum Gasteiger partial charge on any atom is -0.351 e. The zero-order chi connectivity index (χ0) is 17.4. The lowest BCUT2D eigenvalue weighted by Crippen LogP contribution is -2.31. The Kier molecular flexibility index (Phi) is 4.12. The van der Waals surface area contributed by atoms with E-state index in [2.05, 4.69) is 5.32 Å². The molecule has 4 nitrogen and oxygen atoms in total. The standard InChI is InChI=1S/C20H22N2O2S/c1-14-4-6-15(7-5-14)19(24)22-9-8-20(13-22)11-17(20)18(23)21-12-16-3-2-10-25-16/h2-7,10,17H,8-9,11-13H2,1H3,(H,21,23)/t17-,20+/m0/s1. The maximum absolute atomic E-state index is 12.7. The summed E-state index contributed by atoms with van der Waals surface area (Å²) in [7, 11) is 0. The number of carbonyl (C=O) groups is 2. The number of amides is 2. The first-order valence-corrected chi connectivity index (χ1v) is 9.61. The third-order valence-electron chi connectivity index (χ3n) is 5.49. The number of hydrogen-bond acceptors (Lipinski definition) is 3. The van der Waals surface area contributed by atoms with Crippen molar-refractivity contribution in [2.45, 2.75) is 26.3 Å². The molecule has 1 aliphatic carbocycles. The van der Waals surface area contributed by atoms with Gasteiger partial charge in [-0.3, -0.25) is 9.59 Å². The third kappa shape index (κ3) is 3.21. The van der Waals surface area contributed by atoms with E-state index in [0.717, 1.165) is 30.5 Å². The Morgan fingerprint density at radius 2 is 2.08 bits per heavy atom. The molecule has 1 aromatic carbocycles. The number of nitrogens with one attached hydrogen (secondary N) is 1. The molecule has 2 heterocycles. The fraction of sp³-hybridized carbons (Fsp3) is 0.400. The summed E-state index contributed by atoms with van der Waals surface area (Å²) in [6, 6.07) is 11.7. The lowest BCUT2D eigenvalue weighted by Gasteiger charge is -2.17. The Hall–Kier alpha value is -2.14. The number of likely N-dealkylation sites (tertiary alicyclic amines) is 1. The van der Waals surface area contributed by atoms with E-state index in [1.54, 1.807) is 11.3 Å². The van der Waals surface area contributed by atoms with Crippen molar-refractivity contribution in [1.29, 1.82) is 0 Å². The monoisotopic (exact) mass is 354 g/mol. The molecular weight excluding hydrogens is 332 g/mol. The lowest BCUT2D eigenvalue weighted by molar-refractivity contribution is -0.123. The highest BCUT2D eigenvalue weighted by atomic mass is 32.1. The fourth-order valence-electron chi connectivity index (χ4n) is 3.83. The van der Waals surface area contributed by atoms with Crippen LogP contribution in [0.3, 0.4) is 0 Å². The molecule has 2 atom stereocenters. The molecule has 1 N–H and O–H groups in total. The molecule has 0 radical (unpaired) electrons. The topological polar surface area (TPSA) is 49.4 Å². The van der Waals surface area contributed by atoms with Gasteiger partial charge in [0.2, 0.25) is 5.91 Å². The molecule has 5 heteroatoms. The fourth-order valence-corrected chi connectivity index (χ4v) is 4.47. The van der Waals surface area contributed by atoms with Crippen LogP contribution >= 0.6 is 11.3 Å². The Morgan fingerprint density at radius 3 is 2.80 bits per heavy atom. The Morgan fingerprint density at radius 1 is 1.28 bits per heavy atom. The highest BCUT2D eigenvalue weighted by Gasteiger charge is 2.61. The minimum atomic E-state index is 0.0138. The second-order valence-electron chi connectivity index (χ2n) is 7.26. The van der Waals surface area contributed by atoms with E-state index < -0.39 is 0 Å². The molecule has 2 aromatic rings. The van der Waals surface area contributed by atoms with Crippen LogP contribution in [0.25, 0.3) is 0 Å². The molecule has 1 aliphatic heterocycles. The van der Waals surface area contributed by atoms with Gasteiger partial charge in [0.1, 0.15) is 0 Å². The van der Waals surface area contributed by atoms with Crippen LogP contribution in [0.4, 0.5) is 0 Å². The summed E-state index contributed by atoms with van der Waals surface area (Å²) in [5.41, 5.74) is 1.90. The first kappa shape index (κ1) is 16.3. The third-order valence-corrected chi connectivity index (χ3v) is 6.37. The predicted octanol–water partition coefficient (Wildman–Crippen LogP) is 3.23. The van der Waals surface area contributed by atoms with Gasteiger partial charge in [0.15, 0.2) is 0 Å². The van der Waals surface area contributed by atoms with Crippen LogP contribution in [-0.4, -0.2) is 29.8 Å². The van der Waals surface area contributed by atoms with E-state index in [9.17, 15) is 9.59 Å². The number of benzene rings is 1. The largest absolute Gasteiger partial charge is 0.351 e. The molecule has 1 spiro atoms. The van der Waals surface area contributed by atoms with Crippen LogP contribution in [-0.2, 0) is 11.3 Å². The normalized spacial score (nSPS) is 24.5. The Balaban J connectivity index is 1.34. The van der Waals surface area contributed by atoms with Crippen molar-refractivity contribution < 1.29 is 9.59 Å². The minimum absolute atomic E-state index is 0.0138. The number of aryl methyl sites for hydroxylation is 1. The van der Waals surface area contributed by atoms with Gasteiger partial charge in [-0.15, -0.1) is 11.3 Å². The Bertz CT molecular complexity index is 785. The summed E-state index contributed by atoms with van der Waals surface area (Å²) in [5.74, 6) is 0.280. The van der Waals surface area contributed by atoms with Gasteiger partial charge in [-0.1, -0.05) is 23.8 Å². The molecule has 0 unspecified atom stereocenters. The van der Waals surface area contributed by atoms with Crippen molar-refractivity contribution in [3.05, 3.63) is 57.8 Å². The van der Waals surface area contributed by atoms with Crippen molar-refractivity contribution in [2.24, 2.45) is 11.3 Å². The first-order chi connectivity index (χ1) is 12.1. The van der Waals surface area contributed by atoms with Crippen LogP contribution in [0, 0.1) is 18.3 Å². The summed E-state index contributed by atoms with van der Waals surface area (Å²) < 4.78 is 0. The van der Waals surface area contributed by atoms with Gasteiger partial charge in [0, 0.05) is 34.9 Å². The molecule has 1 saturated heterocycles. The van der Waals surface area contributed by atoms with Crippen LogP contribution in [0.15, 0.2) is 41.8 Å². The van der Waals surface area contributed by atoms with Crippen molar-refractivity contribution in [3.8, 4) is 0 Å². The molecule has 4 rings (SSSR count). The van der Waals surface area contributed by atoms with Gasteiger partial charge in [-0.2, -0.15) is 0 Å². The van der Waals surface area contributed by atoms with Crippen LogP contribution in [0.1, 0.15) is 33.6 Å². The van der Waals surface area contributed by atoms with Crippen LogP contribution in [0.5, 0.6) is 0 Å². The summed E-state index contributed by atoms with van der Waals surface area (Å²) >= 11 is 1.66. The molecule has 2 amide bonds. The van der Waals surface area contributed by atoms with Gasteiger partial charge >= 0.3 is 0 Å². The molecular formula is C20H22N2O2S. The molecule has 2 aliphatic rings. The van der Waals surface area contributed by atoms with Gasteiger partial charge in [0.05, 0.1) is 6.54 Å². The van der Waals surface area contributed by atoms with E-state index in [1.165, 1.54) is 4.88 Å². The summed E-state index contributed by atoms with van der Waals surface area (Å²) in [4.78, 5) is 28.2. The number of hydrogen-bond donors (Lipinski definition) is 1. The zero-order valence-electron chi connectivity index (χ0n) is 14.3. The maximum atomic E-state index is 12.7. The van der Waals surface area contributed by atoms with E-state index in [-0.39, 0.29) is 23.1 Å². The van der Waals surface area contributed by atoms with Crippen molar-refractivity contribution in [2.75, 3.05) is 13.1 Å². The second-order valence-corrected chi connectivity index (χ2v) is 8.29. The van der Waals surface area contributed by atoms with Gasteiger partial charge < -0.3 is 10.2 Å². The molecule has 25 heavy (non-hydrogen) atoms. The smallest absolute Gasteiger partial charge is 0.253 e. The number of thiophene rings is 1. The number of rotatable bonds is 4. The summed E-state index contributed by atoms with van der Waals surface area (Å²) in [6.07, 6.45) is 1.84. The highest BCUT2D eigenvalue weighted by molar-refractivity contribution is 7.09. The Labute approximate surface area is 151 Å². The van der Waals surface area contributed by atoms with Gasteiger partial charge in [0.25, 0.3) is 5.91 Å². The van der Waals surface area contributed by atoms with E-state index in [4.69, 9.17) is 0 Å². The lowest BCUT2D eigenvalue weighted by atomic mass is 10.0. The number of carbonyl (C=O) groups excluding carboxylic acids is 2. The van der Waals surface area contributed by atoms with Crippen molar-refractivity contribution >= 4 is 23.2 Å². The number of nitrogens with zero attached hydrogens (tertiary/aromatic N) is 1. The zero-order valence-corrected chi connectivity index (χ0v) is 15.1. The van der Waals surface area contributed by atoms with Crippen LogP contribution < -0.4 is 5.32 Å². The summed E-state index contributed by atoms with van der Waals surface area (Å²) in [6.45, 7) is 4.08. The molecule has 1 aromatic heterocycles. The SMILES string of the molecule is Cc1ccc(C(=O)N2CC[C@@]3(C[C@H]3C(=O)NCc3cccs3)C2)cc1. The molecule has 0 bridgehead atoms. The van der Waals surface area contributed by atoms with E-state index in [0.29, 0.717) is 13.1 Å². The molecule has 1 saturated carbocycles. The van der Waals surface area contributed by atoms with Gasteiger partial charge in [-0.25, -0.2) is 0 Å². The summed E-state index contributed by atoms with van der Waals surface area (Å²) in [5, 5.41) is 5.07. The average Bonchev–Trinajstić information content (AvgIpc) is 2.96. The quantitative estimate of drug-likeness (QED) is 0.916. The van der Waals surface area contributed by atoms with Crippen molar-refractivity contribution in [3.63, 3.8) is 0 Å². The maximum Gasteiger partial charge on any atom is 0.253 e. The average molecular weight is 354 g/mol. The van der Waals surface area contributed by atoms with E-state index >= 15 is 0 Å². The molecule has 130 valence electrons. The second kappa shape index (κ2) is 6.30. The first-order valence-electron chi connectivity index (χ1n) is 8.73. The highest BCUT2D eigenvalue weighted by Crippen LogP contribution is 2.58. The predicted molar refractivity (Wildman–Crippen MR) is 98.4 cm³/mol. The van der Waals surface area contributed by atoms with Crippen molar-refractivity contribution in [1.82, 2.24) is 10.2 Å². The van der Waals surface area contributed by atoms with Crippen LogP contribution in [0.2, 0.25) is 0 Å². The molecule has 2 fully saturated rings.